The summed E-state index contributed by atoms with van der Waals surface area (Å²) in [4.78, 5) is 37.1. The molecular weight excluding hydrogens is 306 g/mol. The zero-order chi connectivity index (χ0) is 16.7. The normalized spacial score (nSPS) is 20.7. The van der Waals surface area contributed by atoms with Crippen molar-refractivity contribution < 1.29 is 24.5 Å². The average molecular weight is 323 g/mol. The largest absolute Gasteiger partial charge is 0.502 e. The lowest BCUT2D eigenvalue weighted by Crippen LogP contribution is -2.54. The molecular formula is C14H17N3O6. The lowest BCUT2D eigenvalue weighted by molar-refractivity contribution is 0.0463. The molecule has 1 aromatic heterocycles. The molecule has 0 saturated carbocycles. The Hall–Kier alpha value is -2.55. The zero-order valence-corrected chi connectivity index (χ0v) is 12.6. The van der Waals surface area contributed by atoms with Gasteiger partial charge < -0.3 is 19.8 Å². The first-order valence-electron chi connectivity index (χ1n) is 7.24. The number of carboxylic acid groups (broad SMARTS) is 1. The number of pyridine rings is 1. The molecule has 3 heterocycles. The van der Waals surface area contributed by atoms with E-state index in [1.807, 2.05) is 0 Å². The van der Waals surface area contributed by atoms with Crippen LogP contribution in [-0.2, 0) is 4.74 Å². The molecule has 2 aliphatic heterocycles. The molecule has 3 rings (SSSR count). The minimum absolute atomic E-state index is 0.0638. The van der Waals surface area contributed by atoms with Gasteiger partial charge in [-0.25, -0.2) is 4.79 Å². The number of aromatic hydroxyl groups is 1. The van der Waals surface area contributed by atoms with Crippen LogP contribution in [0.1, 0.15) is 33.7 Å². The van der Waals surface area contributed by atoms with Crippen molar-refractivity contribution in [3.8, 4) is 5.75 Å². The maximum absolute atomic E-state index is 12.6. The van der Waals surface area contributed by atoms with Gasteiger partial charge in [-0.2, -0.15) is 0 Å². The van der Waals surface area contributed by atoms with Crippen molar-refractivity contribution in [1.29, 1.82) is 0 Å². The predicted molar refractivity (Wildman–Crippen MR) is 78.3 cm³/mol. The van der Waals surface area contributed by atoms with E-state index in [-0.39, 0.29) is 18.5 Å². The van der Waals surface area contributed by atoms with Crippen LogP contribution in [0.25, 0.3) is 0 Å². The first-order chi connectivity index (χ1) is 10.9. The van der Waals surface area contributed by atoms with Crippen LogP contribution in [0, 0.1) is 0 Å². The summed E-state index contributed by atoms with van der Waals surface area (Å²) in [6.45, 7) is 1.22. The van der Waals surface area contributed by atoms with Crippen LogP contribution >= 0.6 is 0 Å². The Kier molecular flexibility index (Phi) is 3.72. The highest BCUT2D eigenvalue weighted by atomic mass is 16.5. The second-order valence-corrected chi connectivity index (χ2v) is 5.68. The number of rotatable bonds is 3. The first-order valence-corrected chi connectivity index (χ1v) is 7.24. The number of hydrogen-bond donors (Lipinski definition) is 2. The SMILES string of the molecule is CN1CN(C[C@H]2CCCO2)C(=O)c2c(O)c(=O)c(C(=O)O)cn21. The van der Waals surface area contributed by atoms with Gasteiger partial charge in [-0.05, 0) is 12.8 Å². The zero-order valence-electron chi connectivity index (χ0n) is 12.6. The van der Waals surface area contributed by atoms with Crippen LogP contribution in [0.4, 0.5) is 0 Å². The highest BCUT2D eigenvalue weighted by Crippen LogP contribution is 2.22. The summed E-state index contributed by atoms with van der Waals surface area (Å²) in [6.07, 6.45) is 2.78. The van der Waals surface area contributed by atoms with Gasteiger partial charge >= 0.3 is 5.97 Å². The molecule has 1 atom stereocenters. The molecule has 2 N–H and O–H groups in total. The lowest BCUT2D eigenvalue weighted by atomic mass is 10.1. The van der Waals surface area contributed by atoms with Crippen LogP contribution in [0.2, 0.25) is 0 Å². The van der Waals surface area contributed by atoms with Crippen LogP contribution in [-0.4, -0.2) is 64.6 Å². The molecule has 0 aromatic carbocycles. The molecule has 1 aromatic rings. The fourth-order valence-electron chi connectivity index (χ4n) is 2.91. The predicted octanol–water partition coefficient (Wildman–Crippen LogP) is -0.588. The number of fused-ring (bicyclic) bond motifs is 1. The number of carboxylic acids is 1. The average Bonchev–Trinajstić information content (AvgIpc) is 2.99. The van der Waals surface area contributed by atoms with Crippen LogP contribution in [0.15, 0.2) is 11.0 Å². The molecule has 23 heavy (non-hydrogen) atoms. The van der Waals surface area contributed by atoms with Gasteiger partial charge in [0.1, 0.15) is 12.2 Å². The molecule has 9 heteroatoms. The van der Waals surface area contributed by atoms with Crippen molar-refractivity contribution in [2.75, 3.05) is 31.9 Å². The summed E-state index contributed by atoms with van der Waals surface area (Å²) in [5.41, 5.74) is -1.88. The number of hydrogen-bond acceptors (Lipinski definition) is 6. The molecule has 2 aliphatic rings. The molecule has 1 amide bonds. The van der Waals surface area contributed by atoms with E-state index in [4.69, 9.17) is 9.84 Å². The third-order valence-corrected chi connectivity index (χ3v) is 4.08. The number of amides is 1. The number of aromatic nitrogens is 1. The van der Waals surface area contributed by atoms with Crippen LogP contribution in [0.5, 0.6) is 5.75 Å². The summed E-state index contributed by atoms with van der Waals surface area (Å²) < 4.78 is 6.71. The number of carbonyl (C=O) groups is 2. The fraction of sp³-hybridized carbons (Fsp3) is 0.500. The van der Waals surface area contributed by atoms with Crippen molar-refractivity contribution in [3.63, 3.8) is 0 Å². The van der Waals surface area contributed by atoms with Gasteiger partial charge in [-0.1, -0.05) is 0 Å². The van der Waals surface area contributed by atoms with Crippen molar-refractivity contribution in [2.24, 2.45) is 0 Å². The molecule has 1 fully saturated rings. The minimum Gasteiger partial charge on any atom is -0.502 e. The molecule has 9 nitrogen and oxygen atoms in total. The Morgan fingerprint density at radius 2 is 2.17 bits per heavy atom. The number of nitrogens with zero attached hydrogens (tertiary/aromatic N) is 3. The highest BCUT2D eigenvalue weighted by molar-refractivity contribution is 5.97. The second kappa shape index (κ2) is 5.58. The van der Waals surface area contributed by atoms with E-state index in [1.165, 1.54) is 9.58 Å². The van der Waals surface area contributed by atoms with Gasteiger partial charge in [0.05, 0.1) is 6.10 Å². The van der Waals surface area contributed by atoms with Gasteiger partial charge in [0.15, 0.2) is 11.4 Å². The highest BCUT2D eigenvalue weighted by Gasteiger charge is 2.34. The quantitative estimate of drug-likeness (QED) is 0.764. The molecule has 0 unspecified atom stereocenters. The van der Waals surface area contributed by atoms with E-state index >= 15 is 0 Å². The third-order valence-electron chi connectivity index (χ3n) is 4.08. The van der Waals surface area contributed by atoms with E-state index < -0.39 is 28.6 Å². The Bertz CT molecular complexity index is 722. The summed E-state index contributed by atoms with van der Waals surface area (Å²) >= 11 is 0. The third kappa shape index (κ3) is 2.52. The smallest absolute Gasteiger partial charge is 0.341 e. The van der Waals surface area contributed by atoms with Gasteiger partial charge in [0.2, 0.25) is 5.43 Å². The Morgan fingerprint density at radius 3 is 2.78 bits per heavy atom. The van der Waals surface area contributed by atoms with Gasteiger partial charge in [-0.3, -0.25) is 19.3 Å². The molecule has 0 bridgehead atoms. The van der Waals surface area contributed by atoms with Crippen molar-refractivity contribution >= 4 is 11.9 Å². The van der Waals surface area contributed by atoms with Gasteiger partial charge in [0, 0.05) is 26.4 Å². The monoisotopic (exact) mass is 323 g/mol. The minimum atomic E-state index is -1.46. The van der Waals surface area contributed by atoms with E-state index in [2.05, 4.69) is 0 Å². The van der Waals surface area contributed by atoms with E-state index in [1.54, 1.807) is 12.1 Å². The van der Waals surface area contributed by atoms with Gasteiger partial charge in [0.25, 0.3) is 5.91 Å². The standard InChI is InChI=1S/C14H17N3O6/c1-15-7-16(5-8-3-2-4-23-8)13(20)10-12(19)11(18)9(14(21)22)6-17(10)15/h6,8,19H,2-5,7H2,1H3,(H,21,22)/t8-/m1/s1. The summed E-state index contributed by atoms with van der Waals surface area (Å²) in [5.74, 6) is -2.83. The van der Waals surface area contributed by atoms with Crippen molar-refractivity contribution in [1.82, 2.24) is 9.58 Å². The Balaban J connectivity index is 2.00. The molecule has 124 valence electrons. The van der Waals surface area contributed by atoms with E-state index in [0.29, 0.717) is 13.2 Å². The summed E-state index contributed by atoms with van der Waals surface area (Å²) in [5, 5.41) is 20.6. The molecule has 0 aliphatic carbocycles. The first kappa shape index (κ1) is 15.3. The fourth-order valence-corrected chi connectivity index (χ4v) is 2.91. The maximum atomic E-state index is 12.6. The maximum Gasteiger partial charge on any atom is 0.341 e. The number of aromatic carboxylic acids is 1. The molecule has 0 radical (unpaired) electrons. The Morgan fingerprint density at radius 1 is 1.43 bits per heavy atom. The van der Waals surface area contributed by atoms with Gasteiger partial charge in [-0.15, -0.1) is 0 Å². The van der Waals surface area contributed by atoms with Crippen molar-refractivity contribution in [3.05, 3.63) is 27.7 Å². The van der Waals surface area contributed by atoms with Crippen LogP contribution < -0.4 is 10.4 Å². The van der Waals surface area contributed by atoms with E-state index in [0.717, 1.165) is 19.0 Å². The van der Waals surface area contributed by atoms with Crippen LogP contribution in [0.3, 0.4) is 0 Å². The van der Waals surface area contributed by atoms with Crippen molar-refractivity contribution in [2.45, 2.75) is 18.9 Å². The summed E-state index contributed by atoms with van der Waals surface area (Å²) in [7, 11) is 1.63. The molecule has 0 spiro atoms. The number of carbonyl (C=O) groups excluding carboxylic acids is 1. The topological polar surface area (TPSA) is 112 Å². The number of ether oxygens (including phenoxy) is 1. The lowest BCUT2D eigenvalue weighted by Gasteiger charge is -2.38. The summed E-state index contributed by atoms with van der Waals surface area (Å²) in [6, 6.07) is 0. The molecule has 1 saturated heterocycles. The van der Waals surface area contributed by atoms with E-state index in [9.17, 15) is 19.5 Å². The second-order valence-electron chi connectivity index (χ2n) is 5.68. The Labute approximate surface area is 131 Å².